The van der Waals surface area contributed by atoms with Crippen LogP contribution in [0.15, 0.2) is 24.5 Å². The summed E-state index contributed by atoms with van der Waals surface area (Å²) < 4.78 is 33.2. The molecule has 0 aliphatic heterocycles. The van der Waals surface area contributed by atoms with E-state index in [0.29, 0.717) is 6.42 Å². The van der Waals surface area contributed by atoms with Gasteiger partial charge in [0.2, 0.25) is 0 Å². The second-order valence-corrected chi connectivity index (χ2v) is 16.1. The third kappa shape index (κ3) is 40.0. The highest BCUT2D eigenvalue weighted by Gasteiger charge is 2.24. The number of esters is 1. The highest BCUT2D eigenvalue weighted by Crippen LogP contribution is 2.43. The summed E-state index contributed by atoms with van der Waals surface area (Å²) in [5.41, 5.74) is 5.36. The number of carbonyl (C=O) groups is 1. The van der Waals surface area contributed by atoms with Gasteiger partial charge in [0, 0.05) is 13.0 Å². The minimum absolute atomic E-state index is 0.0624. The molecule has 8 nitrogen and oxygen atoms in total. The lowest BCUT2D eigenvalue weighted by Crippen LogP contribution is -2.25. The molecule has 0 spiro atoms. The third-order valence-electron chi connectivity index (χ3n) is 9.46. The van der Waals surface area contributed by atoms with Crippen LogP contribution in [0.3, 0.4) is 0 Å². The topological polar surface area (TPSA) is 117 Å². The van der Waals surface area contributed by atoms with Crippen LogP contribution in [0.25, 0.3) is 0 Å². The molecule has 9 heteroatoms. The molecule has 0 aromatic heterocycles. The highest BCUT2D eigenvalue weighted by atomic mass is 31.2. The number of hydrogen-bond donors (Lipinski definition) is 2. The molecule has 0 heterocycles. The Kier molecular flexibility index (Phi) is 40.1. The van der Waals surface area contributed by atoms with Crippen molar-refractivity contribution in [2.45, 2.75) is 219 Å². The minimum atomic E-state index is -4.26. The Morgan fingerprint density at radius 3 is 1.44 bits per heavy atom. The van der Waals surface area contributed by atoms with Gasteiger partial charge in [0.05, 0.1) is 19.5 Å². The van der Waals surface area contributed by atoms with E-state index in [1.165, 1.54) is 161 Å². The van der Waals surface area contributed by atoms with Crippen LogP contribution in [0.5, 0.6) is 0 Å². The number of rotatable bonds is 42. The Labute approximate surface area is 321 Å². The van der Waals surface area contributed by atoms with Crippen molar-refractivity contribution in [2.75, 3.05) is 26.4 Å². The Morgan fingerprint density at radius 1 is 0.577 bits per heavy atom. The van der Waals surface area contributed by atoms with Gasteiger partial charge in [-0.05, 0) is 51.0 Å². The lowest BCUT2D eigenvalue weighted by Gasteiger charge is -2.19. The standard InChI is InChI=1S/C43H84NO7P/c1-3-5-7-9-11-13-15-17-19-21-22-24-26-28-30-32-34-36-43(45)49-40-42(41-51-52(46,47)50-39-37-44)48-38-35-33-31-29-27-25-23-20-18-16-14-12-10-8-6-4-2/h14,16,35,38,42H,3-13,15,17-34,36-37,39-41,44H2,1-2H3,(H,46,47)/b16-14-,38-35-/t42-/m1/s1. The first-order chi connectivity index (χ1) is 25.4. The molecule has 2 atom stereocenters. The highest BCUT2D eigenvalue weighted by molar-refractivity contribution is 7.47. The molecule has 0 fully saturated rings. The van der Waals surface area contributed by atoms with Gasteiger partial charge in [0.25, 0.3) is 0 Å². The van der Waals surface area contributed by atoms with E-state index in [2.05, 4.69) is 26.0 Å². The molecule has 308 valence electrons. The van der Waals surface area contributed by atoms with Crippen LogP contribution >= 0.6 is 7.82 Å². The van der Waals surface area contributed by atoms with E-state index >= 15 is 0 Å². The zero-order valence-electron chi connectivity index (χ0n) is 34.1. The van der Waals surface area contributed by atoms with Crippen molar-refractivity contribution in [3.8, 4) is 0 Å². The van der Waals surface area contributed by atoms with Crippen LogP contribution in [0.4, 0.5) is 0 Å². The number of phosphoric acid groups is 1. The average Bonchev–Trinajstić information content (AvgIpc) is 3.14. The van der Waals surface area contributed by atoms with E-state index < -0.39 is 13.9 Å². The lowest BCUT2D eigenvalue weighted by atomic mass is 10.0. The molecule has 0 radical (unpaired) electrons. The molecule has 0 aromatic rings. The van der Waals surface area contributed by atoms with Crippen molar-refractivity contribution in [3.63, 3.8) is 0 Å². The Morgan fingerprint density at radius 2 is 0.981 bits per heavy atom. The number of hydrogen-bond acceptors (Lipinski definition) is 7. The van der Waals surface area contributed by atoms with Gasteiger partial charge < -0.3 is 20.1 Å². The summed E-state index contributed by atoms with van der Waals surface area (Å²) in [5.74, 6) is -0.288. The fraction of sp³-hybridized carbons (Fsp3) is 0.884. The van der Waals surface area contributed by atoms with Gasteiger partial charge >= 0.3 is 13.8 Å². The van der Waals surface area contributed by atoms with Gasteiger partial charge in [-0.2, -0.15) is 0 Å². The summed E-state index contributed by atoms with van der Waals surface area (Å²) in [7, 11) is -4.26. The third-order valence-corrected chi connectivity index (χ3v) is 10.4. The number of nitrogens with two attached hydrogens (primary N) is 1. The van der Waals surface area contributed by atoms with Crippen LogP contribution < -0.4 is 5.73 Å². The van der Waals surface area contributed by atoms with Crippen LogP contribution in [-0.2, 0) is 27.9 Å². The van der Waals surface area contributed by atoms with E-state index in [-0.39, 0.29) is 32.3 Å². The molecular formula is C43H84NO7P. The predicted molar refractivity (Wildman–Crippen MR) is 219 cm³/mol. The molecule has 0 aliphatic rings. The van der Waals surface area contributed by atoms with Gasteiger partial charge in [0.15, 0.2) is 6.10 Å². The normalized spacial score (nSPS) is 13.6. The molecule has 0 saturated carbocycles. The van der Waals surface area contributed by atoms with Gasteiger partial charge in [-0.1, -0.05) is 174 Å². The van der Waals surface area contributed by atoms with E-state index in [0.717, 1.165) is 32.1 Å². The van der Waals surface area contributed by atoms with Crippen molar-refractivity contribution >= 4 is 13.8 Å². The van der Waals surface area contributed by atoms with Crippen molar-refractivity contribution in [3.05, 3.63) is 24.5 Å². The molecular weight excluding hydrogens is 673 g/mol. The van der Waals surface area contributed by atoms with Gasteiger partial charge in [-0.3, -0.25) is 13.8 Å². The first kappa shape index (κ1) is 50.8. The Bertz CT molecular complexity index is 853. The first-order valence-corrected chi connectivity index (χ1v) is 23.4. The molecule has 0 bridgehead atoms. The number of phosphoric ester groups is 1. The maximum Gasteiger partial charge on any atom is 0.472 e. The molecule has 0 aromatic carbocycles. The Balaban J connectivity index is 4.05. The summed E-state index contributed by atoms with van der Waals surface area (Å²) >= 11 is 0. The van der Waals surface area contributed by atoms with Crippen LogP contribution in [-0.4, -0.2) is 43.3 Å². The molecule has 52 heavy (non-hydrogen) atoms. The van der Waals surface area contributed by atoms with Crippen LogP contribution in [0.2, 0.25) is 0 Å². The Hall–Kier alpha value is -1.18. The minimum Gasteiger partial charge on any atom is -0.492 e. The van der Waals surface area contributed by atoms with E-state index in [9.17, 15) is 14.3 Å². The average molecular weight is 758 g/mol. The van der Waals surface area contributed by atoms with E-state index in [1.54, 1.807) is 6.26 Å². The van der Waals surface area contributed by atoms with Gasteiger partial charge in [0.1, 0.15) is 6.61 Å². The van der Waals surface area contributed by atoms with Crippen molar-refractivity contribution in [2.24, 2.45) is 5.73 Å². The van der Waals surface area contributed by atoms with Crippen molar-refractivity contribution in [1.29, 1.82) is 0 Å². The summed E-state index contributed by atoms with van der Waals surface area (Å²) in [6.07, 6.45) is 45.8. The maximum atomic E-state index is 12.4. The van der Waals surface area contributed by atoms with E-state index in [4.69, 9.17) is 24.3 Å². The van der Waals surface area contributed by atoms with Crippen molar-refractivity contribution in [1.82, 2.24) is 0 Å². The quantitative estimate of drug-likeness (QED) is 0.0208. The van der Waals surface area contributed by atoms with Gasteiger partial charge in [-0.25, -0.2) is 4.57 Å². The van der Waals surface area contributed by atoms with Crippen LogP contribution in [0.1, 0.15) is 213 Å². The first-order valence-electron chi connectivity index (χ1n) is 21.9. The summed E-state index contributed by atoms with van der Waals surface area (Å²) in [5, 5.41) is 0. The van der Waals surface area contributed by atoms with Gasteiger partial charge in [-0.15, -0.1) is 0 Å². The largest absolute Gasteiger partial charge is 0.492 e. The molecule has 0 amide bonds. The monoisotopic (exact) mass is 758 g/mol. The number of carbonyl (C=O) groups excluding carboxylic acids is 1. The summed E-state index contributed by atoms with van der Waals surface area (Å²) in [6.45, 7) is 4.22. The summed E-state index contributed by atoms with van der Waals surface area (Å²) in [6, 6.07) is 0. The molecule has 0 aliphatic carbocycles. The molecule has 1 unspecified atom stereocenters. The number of ether oxygens (including phenoxy) is 2. The predicted octanol–water partition coefficient (Wildman–Crippen LogP) is 13.2. The fourth-order valence-corrected chi connectivity index (χ4v) is 6.92. The van der Waals surface area contributed by atoms with Crippen molar-refractivity contribution < 1.29 is 32.8 Å². The zero-order valence-corrected chi connectivity index (χ0v) is 35.0. The number of unbranched alkanes of at least 4 members (excludes halogenated alkanes) is 27. The smallest absolute Gasteiger partial charge is 0.472 e. The molecule has 0 rings (SSSR count). The lowest BCUT2D eigenvalue weighted by molar-refractivity contribution is -0.147. The SMILES string of the molecule is CCCCCC/C=C\CCCCCCCC/C=C\O[C@H](COC(=O)CCCCCCCCCCCCCCCCCCC)COP(=O)(O)OCCN. The maximum absolute atomic E-state index is 12.4. The number of allylic oxidation sites excluding steroid dienone is 3. The molecule has 3 N–H and O–H groups in total. The fourth-order valence-electron chi connectivity index (χ4n) is 6.15. The second kappa shape index (κ2) is 41.0. The second-order valence-electron chi connectivity index (χ2n) is 14.6. The summed E-state index contributed by atoms with van der Waals surface area (Å²) in [4.78, 5) is 22.3. The zero-order chi connectivity index (χ0) is 38.1. The van der Waals surface area contributed by atoms with Crippen LogP contribution in [0, 0.1) is 0 Å². The molecule has 0 saturated heterocycles. The van der Waals surface area contributed by atoms with E-state index in [1.807, 2.05) is 6.08 Å².